The van der Waals surface area contributed by atoms with E-state index >= 15 is 0 Å². The van der Waals surface area contributed by atoms with Crippen molar-refractivity contribution in [1.29, 1.82) is 0 Å². The summed E-state index contributed by atoms with van der Waals surface area (Å²) in [5, 5.41) is 3.72. The molecule has 31 heavy (non-hydrogen) atoms. The van der Waals surface area contributed by atoms with Crippen LogP contribution < -0.4 is 0 Å². The molecule has 1 aliphatic heterocycles. The molecule has 0 unspecified atom stereocenters. The molecule has 0 aliphatic carbocycles. The predicted octanol–water partition coefficient (Wildman–Crippen LogP) is 2.06. The van der Waals surface area contributed by atoms with Crippen LogP contribution in [0.1, 0.15) is 36.0 Å². The smallest absolute Gasteiger partial charge is 0.310 e. The summed E-state index contributed by atoms with van der Waals surface area (Å²) in [6.07, 6.45) is -0.425. The number of piperidine rings is 1. The van der Waals surface area contributed by atoms with E-state index in [1.54, 1.807) is 52.2 Å². The summed E-state index contributed by atoms with van der Waals surface area (Å²) in [6.45, 7) is 3.48. The van der Waals surface area contributed by atoms with Gasteiger partial charge in [0.25, 0.3) is 5.91 Å². The zero-order chi connectivity index (χ0) is 22.8. The van der Waals surface area contributed by atoms with Crippen molar-refractivity contribution in [3.63, 3.8) is 0 Å². The summed E-state index contributed by atoms with van der Waals surface area (Å²) in [4.78, 5) is 26.9. The fourth-order valence-electron chi connectivity index (χ4n) is 3.64. The van der Waals surface area contributed by atoms with E-state index in [1.165, 1.54) is 9.21 Å². The molecule has 1 fully saturated rings. The highest BCUT2D eigenvalue weighted by atomic mass is 32.2. The molecular formula is C21H27N3O6S. The van der Waals surface area contributed by atoms with Crippen molar-refractivity contribution >= 4 is 21.9 Å². The number of carbonyl (C=O) groups excluding carboxylic acids is 2. The molecule has 3 rings (SSSR count). The second-order valence-corrected chi connectivity index (χ2v) is 9.67. The van der Waals surface area contributed by atoms with E-state index in [4.69, 9.17) is 9.26 Å². The quantitative estimate of drug-likeness (QED) is 0.621. The van der Waals surface area contributed by atoms with Gasteiger partial charge in [-0.05, 0) is 26.7 Å². The van der Waals surface area contributed by atoms with Crippen molar-refractivity contribution in [2.45, 2.75) is 37.7 Å². The molecule has 168 valence electrons. The number of benzene rings is 1. The molecular weight excluding hydrogens is 422 g/mol. The molecule has 0 spiro atoms. The predicted molar refractivity (Wildman–Crippen MR) is 111 cm³/mol. The van der Waals surface area contributed by atoms with Crippen molar-refractivity contribution in [3.8, 4) is 0 Å². The largest absolute Gasteiger partial charge is 0.447 e. The lowest BCUT2D eigenvalue weighted by Gasteiger charge is -2.31. The molecule has 1 aliphatic rings. The Kier molecular flexibility index (Phi) is 6.80. The molecule has 0 radical (unpaired) electrons. The highest BCUT2D eigenvalue weighted by Gasteiger charge is 2.37. The summed E-state index contributed by atoms with van der Waals surface area (Å²) in [5.41, 5.74) is 0.903. The zero-order valence-electron chi connectivity index (χ0n) is 18.1. The lowest BCUT2D eigenvalue weighted by Crippen LogP contribution is -2.41. The number of aromatic nitrogens is 1. The highest BCUT2D eigenvalue weighted by Crippen LogP contribution is 2.29. The summed E-state index contributed by atoms with van der Waals surface area (Å²) in [5.74, 6) is -1.08. The first-order valence-electron chi connectivity index (χ1n) is 10.0. The molecule has 0 saturated carbocycles. The van der Waals surface area contributed by atoms with E-state index in [-0.39, 0.29) is 29.7 Å². The first-order chi connectivity index (χ1) is 14.6. The minimum absolute atomic E-state index is 0.0780. The van der Waals surface area contributed by atoms with Crippen LogP contribution in [0.5, 0.6) is 0 Å². The van der Waals surface area contributed by atoms with Crippen LogP contribution in [0.15, 0.2) is 39.8 Å². The lowest BCUT2D eigenvalue weighted by atomic mass is 9.98. The van der Waals surface area contributed by atoms with Gasteiger partial charge in [0.1, 0.15) is 10.6 Å². The number of amides is 1. The van der Waals surface area contributed by atoms with Gasteiger partial charge in [-0.15, -0.1) is 0 Å². The van der Waals surface area contributed by atoms with Gasteiger partial charge in [-0.3, -0.25) is 9.59 Å². The van der Waals surface area contributed by atoms with Gasteiger partial charge < -0.3 is 14.2 Å². The number of hydrogen-bond donors (Lipinski definition) is 0. The van der Waals surface area contributed by atoms with E-state index in [9.17, 15) is 18.0 Å². The van der Waals surface area contributed by atoms with Gasteiger partial charge in [0, 0.05) is 32.7 Å². The number of hydrogen-bond acceptors (Lipinski definition) is 7. The Labute approximate surface area is 182 Å². The maximum absolute atomic E-state index is 13.0. The van der Waals surface area contributed by atoms with Crippen molar-refractivity contribution in [3.05, 3.63) is 47.3 Å². The number of nitrogens with zero attached hydrogens (tertiary/aromatic N) is 3. The second-order valence-electron chi connectivity index (χ2n) is 7.79. The molecule has 1 atom stereocenters. The second kappa shape index (κ2) is 9.19. The Balaban J connectivity index is 1.69. The van der Waals surface area contributed by atoms with E-state index in [0.29, 0.717) is 24.1 Å². The van der Waals surface area contributed by atoms with E-state index in [2.05, 4.69) is 5.16 Å². The lowest BCUT2D eigenvalue weighted by molar-refractivity contribution is -0.164. The van der Waals surface area contributed by atoms with Gasteiger partial charge in [-0.25, -0.2) is 8.42 Å². The molecule has 1 amide bonds. The molecule has 10 heteroatoms. The summed E-state index contributed by atoms with van der Waals surface area (Å²) in [7, 11) is -0.553. The maximum atomic E-state index is 13.0. The van der Waals surface area contributed by atoms with Crippen LogP contribution in [-0.4, -0.2) is 61.8 Å². The zero-order valence-corrected chi connectivity index (χ0v) is 18.9. The number of sulfonamides is 1. The van der Waals surface area contributed by atoms with Crippen LogP contribution in [0.2, 0.25) is 0 Å². The number of aryl methyl sites for hydroxylation is 2. The van der Waals surface area contributed by atoms with Crippen molar-refractivity contribution in [2.75, 3.05) is 27.2 Å². The Morgan fingerprint density at radius 1 is 1.16 bits per heavy atom. The Hall–Kier alpha value is -2.72. The average Bonchev–Trinajstić information content (AvgIpc) is 3.10. The third-order valence-corrected chi connectivity index (χ3v) is 7.50. The third-order valence-electron chi connectivity index (χ3n) is 5.35. The van der Waals surface area contributed by atoms with Gasteiger partial charge in [-0.2, -0.15) is 4.31 Å². The molecule has 0 N–H and O–H groups in total. The van der Waals surface area contributed by atoms with Crippen molar-refractivity contribution < 1.29 is 27.3 Å². The number of carbonyl (C=O) groups is 2. The van der Waals surface area contributed by atoms with Crippen LogP contribution in [0.4, 0.5) is 0 Å². The molecule has 9 nitrogen and oxygen atoms in total. The van der Waals surface area contributed by atoms with Crippen molar-refractivity contribution in [2.24, 2.45) is 5.92 Å². The van der Waals surface area contributed by atoms with Gasteiger partial charge in [0.15, 0.2) is 5.76 Å². The van der Waals surface area contributed by atoms with E-state index < -0.39 is 28.0 Å². The molecule has 2 aromatic rings. The number of likely N-dealkylation sites (N-methyl/N-ethyl adjacent to an activating group) is 1. The van der Waals surface area contributed by atoms with Crippen LogP contribution in [-0.2, 0) is 24.3 Å². The molecule has 1 aromatic heterocycles. The molecule has 0 bridgehead atoms. The van der Waals surface area contributed by atoms with Gasteiger partial charge in [0.05, 0.1) is 5.92 Å². The minimum atomic E-state index is -3.76. The van der Waals surface area contributed by atoms with Gasteiger partial charge in [-0.1, -0.05) is 35.5 Å². The monoisotopic (exact) mass is 449 g/mol. The van der Waals surface area contributed by atoms with Crippen molar-refractivity contribution in [1.82, 2.24) is 14.4 Å². The summed E-state index contributed by atoms with van der Waals surface area (Å²) < 4.78 is 37.8. The summed E-state index contributed by atoms with van der Waals surface area (Å²) >= 11 is 0. The first-order valence-corrected chi connectivity index (χ1v) is 11.5. The Morgan fingerprint density at radius 2 is 1.77 bits per heavy atom. The average molecular weight is 450 g/mol. The normalized spacial score (nSPS) is 16.6. The van der Waals surface area contributed by atoms with Gasteiger partial charge >= 0.3 is 5.97 Å². The fourth-order valence-corrected chi connectivity index (χ4v) is 5.40. The highest BCUT2D eigenvalue weighted by molar-refractivity contribution is 7.89. The first kappa shape index (κ1) is 23.0. The molecule has 2 heterocycles. The third kappa shape index (κ3) is 4.80. The maximum Gasteiger partial charge on any atom is 0.310 e. The van der Waals surface area contributed by atoms with Crippen LogP contribution in [0, 0.1) is 19.8 Å². The Morgan fingerprint density at radius 3 is 2.29 bits per heavy atom. The van der Waals surface area contributed by atoms with Crippen LogP contribution in [0.25, 0.3) is 0 Å². The SMILES string of the molecule is Cc1noc(C)c1S(=O)(=O)N1CCC(C(=O)O[C@@H](C(=O)N(C)C)c2ccccc2)CC1. The van der Waals surface area contributed by atoms with E-state index in [0.717, 1.165) is 0 Å². The molecule has 1 aromatic carbocycles. The topological polar surface area (TPSA) is 110 Å². The summed E-state index contributed by atoms with van der Waals surface area (Å²) in [6, 6.07) is 8.84. The van der Waals surface area contributed by atoms with Crippen LogP contribution >= 0.6 is 0 Å². The molecule has 1 saturated heterocycles. The van der Waals surface area contributed by atoms with Crippen LogP contribution in [0.3, 0.4) is 0 Å². The van der Waals surface area contributed by atoms with Gasteiger partial charge in [0.2, 0.25) is 16.1 Å². The number of ether oxygens (including phenoxy) is 1. The fraction of sp³-hybridized carbons (Fsp3) is 0.476. The standard InChI is InChI=1S/C21H27N3O6S/c1-14-19(15(2)30-22-14)31(27,28)24-12-10-17(11-13-24)21(26)29-18(20(25)23(3)4)16-8-6-5-7-9-16/h5-9,17-18H,10-13H2,1-4H3/t18-/m1/s1. The Bertz CT molecular complexity index is 1020. The van der Waals surface area contributed by atoms with E-state index in [1.807, 2.05) is 6.07 Å². The minimum Gasteiger partial charge on any atom is -0.447 e. The number of esters is 1. The number of rotatable bonds is 6.